The molecule has 1 unspecified atom stereocenters. The Morgan fingerprint density at radius 2 is 1.78 bits per heavy atom. The van der Waals surface area contributed by atoms with Crippen molar-refractivity contribution in [2.24, 2.45) is 0 Å². The molecule has 4 rings (SSSR count). The highest BCUT2D eigenvalue weighted by molar-refractivity contribution is 5.84. The van der Waals surface area contributed by atoms with Crippen molar-refractivity contribution in [1.29, 1.82) is 0 Å². The molecule has 3 aromatic rings. The summed E-state index contributed by atoms with van der Waals surface area (Å²) in [4.78, 5) is 19.2. The smallest absolute Gasteiger partial charge is 0.223 e. The second-order valence-corrected chi connectivity index (χ2v) is 7.71. The molecule has 1 aliphatic rings. The van der Waals surface area contributed by atoms with Crippen LogP contribution in [0.15, 0.2) is 48.7 Å². The summed E-state index contributed by atoms with van der Waals surface area (Å²) in [7, 11) is 4.80. The molecule has 0 aliphatic carbocycles. The quantitative estimate of drug-likeness (QED) is 0.534. The van der Waals surface area contributed by atoms with E-state index in [1.807, 2.05) is 35.2 Å². The van der Waals surface area contributed by atoms with Gasteiger partial charge in [-0.2, -0.15) is 0 Å². The van der Waals surface area contributed by atoms with Gasteiger partial charge in [0, 0.05) is 48.7 Å². The molecule has 0 bridgehead atoms. The van der Waals surface area contributed by atoms with Crippen LogP contribution in [0.1, 0.15) is 18.4 Å². The standard InChI is InChI=1S/C25H28N2O5/c1-29-19-14-22(30-2)20(23(15-19)31-3)9-10-24(28)27-13-11-18(16-27)32-21-8-4-6-17-7-5-12-26-25(17)21/h4-8,12,14-15,18H,9-11,13,16H2,1-3H3. The van der Waals surface area contributed by atoms with Crippen LogP contribution >= 0.6 is 0 Å². The summed E-state index contributed by atoms with van der Waals surface area (Å²) >= 11 is 0. The maximum Gasteiger partial charge on any atom is 0.223 e. The first kappa shape index (κ1) is 21.7. The topological polar surface area (TPSA) is 70.1 Å². The van der Waals surface area contributed by atoms with Gasteiger partial charge in [-0.25, -0.2) is 0 Å². The van der Waals surface area contributed by atoms with Crippen LogP contribution in [0.2, 0.25) is 0 Å². The molecule has 7 heteroatoms. The molecule has 7 nitrogen and oxygen atoms in total. The molecule has 0 saturated carbocycles. The number of pyridine rings is 1. The number of rotatable bonds is 8. The van der Waals surface area contributed by atoms with E-state index >= 15 is 0 Å². The normalized spacial score (nSPS) is 15.6. The van der Waals surface area contributed by atoms with E-state index < -0.39 is 0 Å². The van der Waals surface area contributed by atoms with Gasteiger partial charge >= 0.3 is 0 Å². The van der Waals surface area contributed by atoms with E-state index in [2.05, 4.69) is 4.98 Å². The number of benzene rings is 2. The fourth-order valence-corrected chi connectivity index (χ4v) is 4.12. The first-order valence-electron chi connectivity index (χ1n) is 10.7. The monoisotopic (exact) mass is 436 g/mol. The molecule has 1 aromatic heterocycles. The van der Waals surface area contributed by atoms with Crippen LogP contribution in [-0.2, 0) is 11.2 Å². The van der Waals surface area contributed by atoms with Crippen molar-refractivity contribution in [3.8, 4) is 23.0 Å². The predicted molar refractivity (Wildman–Crippen MR) is 122 cm³/mol. The number of amides is 1. The second kappa shape index (κ2) is 9.77. The number of nitrogens with zero attached hydrogens (tertiary/aromatic N) is 2. The van der Waals surface area contributed by atoms with Crippen LogP contribution in [0, 0.1) is 0 Å². The predicted octanol–water partition coefficient (Wildman–Crippen LogP) is 3.87. The number of likely N-dealkylation sites (tertiary alicyclic amines) is 1. The highest BCUT2D eigenvalue weighted by Crippen LogP contribution is 2.35. The van der Waals surface area contributed by atoms with Gasteiger partial charge in [0.15, 0.2) is 0 Å². The number of hydrogen-bond acceptors (Lipinski definition) is 6. The van der Waals surface area contributed by atoms with Gasteiger partial charge in [-0.15, -0.1) is 0 Å². The molecule has 1 fully saturated rings. The van der Waals surface area contributed by atoms with Crippen molar-refractivity contribution in [2.45, 2.75) is 25.4 Å². The average molecular weight is 437 g/mol. The summed E-state index contributed by atoms with van der Waals surface area (Å²) in [5, 5.41) is 1.04. The van der Waals surface area contributed by atoms with Crippen molar-refractivity contribution in [3.63, 3.8) is 0 Å². The van der Waals surface area contributed by atoms with E-state index in [9.17, 15) is 4.79 Å². The molecule has 2 aromatic carbocycles. The highest BCUT2D eigenvalue weighted by Gasteiger charge is 2.28. The highest BCUT2D eigenvalue weighted by atomic mass is 16.5. The number of methoxy groups -OCH3 is 3. The van der Waals surface area contributed by atoms with E-state index in [4.69, 9.17) is 18.9 Å². The van der Waals surface area contributed by atoms with Crippen LogP contribution in [0.4, 0.5) is 0 Å². The lowest BCUT2D eigenvalue weighted by atomic mass is 10.1. The van der Waals surface area contributed by atoms with Crippen molar-refractivity contribution >= 4 is 16.8 Å². The minimum Gasteiger partial charge on any atom is -0.496 e. The lowest BCUT2D eigenvalue weighted by Gasteiger charge is -2.19. The lowest BCUT2D eigenvalue weighted by molar-refractivity contribution is -0.130. The Bertz CT molecular complexity index is 1070. The summed E-state index contributed by atoms with van der Waals surface area (Å²) in [5.41, 5.74) is 1.71. The fraction of sp³-hybridized carbons (Fsp3) is 0.360. The van der Waals surface area contributed by atoms with Gasteiger partial charge in [0.1, 0.15) is 34.6 Å². The molecule has 1 atom stereocenters. The number of aromatic nitrogens is 1. The summed E-state index contributed by atoms with van der Waals surface area (Å²) in [6.07, 6.45) is 3.40. The van der Waals surface area contributed by atoms with E-state index in [1.165, 1.54) is 0 Å². The number of fused-ring (bicyclic) bond motifs is 1. The van der Waals surface area contributed by atoms with Crippen molar-refractivity contribution in [1.82, 2.24) is 9.88 Å². The van der Waals surface area contributed by atoms with Gasteiger partial charge in [0.2, 0.25) is 5.91 Å². The van der Waals surface area contributed by atoms with Gasteiger partial charge in [-0.1, -0.05) is 18.2 Å². The second-order valence-electron chi connectivity index (χ2n) is 7.71. The van der Waals surface area contributed by atoms with Crippen LogP contribution < -0.4 is 18.9 Å². The number of carbonyl (C=O) groups is 1. The Morgan fingerprint density at radius 3 is 2.50 bits per heavy atom. The van der Waals surface area contributed by atoms with Crippen LogP contribution in [0.5, 0.6) is 23.0 Å². The number of para-hydroxylation sites is 1. The van der Waals surface area contributed by atoms with Crippen LogP contribution in [0.3, 0.4) is 0 Å². The van der Waals surface area contributed by atoms with Crippen LogP contribution in [-0.4, -0.2) is 56.3 Å². The molecular weight excluding hydrogens is 408 g/mol. The van der Waals surface area contributed by atoms with E-state index in [0.29, 0.717) is 43.2 Å². The van der Waals surface area contributed by atoms with Gasteiger partial charge in [0.25, 0.3) is 0 Å². The molecule has 0 N–H and O–H groups in total. The molecule has 0 spiro atoms. The first-order chi connectivity index (χ1) is 15.6. The van der Waals surface area contributed by atoms with Gasteiger partial charge in [-0.05, 0) is 18.6 Å². The Hall–Kier alpha value is -3.48. The third-order valence-corrected chi connectivity index (χ3v) is 5.79. The zero-order valence-corrected chi connectivity index (χ0v) is 18.7. The molecular formula is C25H28N2O5. The van der Waals surface area contributed by atoms with Crippen molar-refractivity contribution < 1.29 is 23.7 Å². The Balaban J connectivity index is 1.39. The maximum atomic E-state index is 12.9. The Labute approximate surface area is 187 Å². The fourth-order valence-electron chi connectivity index (χ4n) is 4.12. The zero-order chi connectivity index (χ0) is 22.5. The third-order valence-electron chi connectivity index (χ3n) is 5.79. The SMILES string of the molecule is COc1cc(OC)c(CCC(=O)N2CCC(Oc3cccc4cccnc34)C2)c(OC)c1. The number of ether oxygens (including phenoxy) is 4. The van der Waals surface area contributed by atoms with Crippen molar-refractivity contribution in [3.05, 3.63) is 54.2 Å². The molecule has 32 heavy (non-hydrogen) atoms. The molecule has 168 valence electrons. The van der Waals surface area contributed by atoms with Gasteiger partial charge in [-0.3, -0.25) is 9.78 Å². The average Bonchev–Trinajstić information content (AvgIpc) is 3.30. The van der Waals surface area contributed by atoms with Crippen molar-refractivity contribution in [2.75, 3.05) is 34.4 Å². The first-order valence-corrected chi connectivity index (χ1v) is 10.7. The minimum absolute atomic E-state index is 0.0448. The largest absolute Gasteiger partial charge is 0.496 e. The van der Waals surface area contributed by atoms with E-state index in [0.717, 1.165) is 28.6 Å². The third kappa shape index (κ3) is 4.56. The Morgan fingerprint density at radius 1 is 1.03 bits per heavy atom. The lowest BCUT2D eigenvalue weighted by Crippen LogP contribution is -2.31. The summed E-state index contributed by atoms with van der Waals surface area (Å²) in [5.74, 6) is 2.80. The number of carbonyl (C=O) groups excluding carboxylic acids is 1. The van der Waals surface area contributed by atoms with Gasteiger partial charge < -0.3 is 23.8 Å². The molecule has 2 heterocycles. The summed E-state index contributed by atoms with van der Waals surface area (Å²) in [6, 6.07) is 13.5. The summed E-state index contributed by atoms with van der Waals surface area (Å²) < 4.78 is 22.5. The van der Waals surface area contributed by atoms with E-state index in [1.54, 1.807) is 39.7 Å². The molecule has 1 aliphatic heterocycles. The maximum absolute atomic E-state index is 12.9. The molecule has 0 radical (unpaired) electrons. The summed E-state index contributed by atoms with van der Waals surface area (Å²) in [6.45, 7) is 1.25. The zero-order valence-electron chi connectivity index (χ0n) is 18.7. The minimum atomic E-state index is -0.0448. The molecule has 1 saturated heterocycles. The van der Waals surface area contributed by atoms with Gasteiger partial charge in [0.05, 0.1) is 27.9 Å². The molecule has 1 amide bonds. The number of hydrogen-bond donors (Lipinski definition) is 0. The Kier molecular flexibility index (Phi) is 6.63. The van der Waals surface area contributed by atoms with E-state index in [-0.39, 0.29) is 12.0 Å². The van der Waals surface area contributed by atoms with Crippen LogP contribution in [0.25, 0.3) is 10.9 Å².